The fraction of sp³-hybridized carbons (Fsp3) is 0.267. The molecule has 0 spiro atoms. The van der Waals surface area contributed by atoms with Crippen molar-refractivity contribution in [1.82, 2.24) is 9.88 Å². The van der Waals surface area contributed by atoms with Crippen molar-refractivity contribution < 1.29 is 19.1 Å². The minimum absolute atomic E-state index is 0.0897. The Morgan fingerprint density at radius 1 is 1.32 bits per heavy atom. The molecular formula is C15H13FN2O4. The van der Waals surface area contributed by atoms with Gasteiger partial charge >= 0.3 is 5.97 Å². The first-order valence-electron chi connectivity index (χ1n) is 6.84. The van der Waals surface area contributed by atoms with Gasteiger partial charge in [-0.15, -0.1) is 0 Å². The number of carboxylic acid groups (broad SMARTS) is 1. The topological polar surface area (TPSA) is 90.5 Å². The number of nitrogens with one attached hydrogen (secondary N) is 1. The fourth-order valence-corrected chi connectivity index (χ4v) is 2.83. The van der Waals surface area contributed by atoms with Crippen molar-refractivity contribution in [3.8, 4) is 0 Å². The SMILES string of the molecule is O=C(O)C1CCCN1C(=O)c1cc(=O)[nH]c2cc(F)ccc12. The van der Waals surface area contributed by atoms with E-state index in [9.17, 15) is 23.9 Å². The maximum absolute atomic E-state index is 13.3. The van der Waals surface area contributed by atoms with Gasteiger partial charge in [-0.1, -0.05) is 0 Å². The molecule has 1 saturated heterocycles. The molecule has 2 aromatic rings. The van der Waals surface area contributed by atoms with Crippen LogP contribution in [0.2, 0.25) is 0 Å². The summed E-state index contributed by atoms with van der Waals surface area (Å²) in [5, 5.41) is 9.56. The number of aliphatic carboxylic acids is 1. The molecule has 7 heteroatoms. The number of carboxylic acids is 1. The third kappa shape index (κ3) is 2.34. The molecule has 1 unspecified atom stereocenters. The molecule has 2 heterocycles. The number of likely N-dealkylation sites (tertiary alicyclic amines) is 1. The Kier molecular flexibility index (Phi) is 3.40. The predicted molar refractivity (Wildman–Crippen MR) is 76.2 cm³/mol. The molecular weight excluding hydrogens is 291 g/mol. The van der Waals surface area contributed by atoms with E-state index in [1.54, 1.807) is 0 Å². The highest BCUT2D eigenvalue weighted by molar-refractivity contribution is 6.07. The van der Waals surface area contributed by atoms with Crippen molar-refractivity contribution in [2.45, 2.75) is 18.9 Å². The van der Waals surface area contributed by atoms with Crippen LogP contribution in [0, 0.1) is 5.82 Å². The van der Waals surface area contributed by atoms with Crippen LogP contribution in [0.4, 0.5) is 4.39 Å². The fourth-order valence-electron chi connectivity index (χ4n) is 2.83. The van der Waals surface area contributed by atoms with E-state index in [-0.39, 0.29) is 11.1 Å². The number of aromatic amines is 1. The minimum atomic E-state index is -1.06. The molecule has 0 aliphatic carbocycles. The minimum Gasteiger partial charge on any atom is -0.480 e. The largest absolute Gasteiger partial charge is 0.480 e. The molecule has 6 nitrogen and oxygen atoms in total. The van der Waals surface area contributed by atoms with Gasteiger partial charge < -0.3 is 15.0 Å². The molecule has 0 bridgehead atoms. The third-order valence-corrected chi connectivity index (χ3v) is 3.83. The first kappa shape index (κ1) is 14.2. The van der Waals surface area contributed by atoms with E-state index in [1.807, 2.05) is 0 Å². The second-order valence-electron chi connectivity index (χ2n) is 5.23. The number of hydrogen-bond donors (Lipinski definition) is 2. The number of rotatable bonds is 2. The molecule has 22 heavy (non-hydrogen) atoms. The van der Waals surface area contributed by atoms with Crippen LogP contribution in [-0.4, -0.2) is 39.5 Å². The molecule has 114 valence electrons. The lowest BCUT2D eigenvalue weighted by Crippen LogP contribution is -2.40. The van der Waals surface area contributed by atoms with E-state index in [0.29, 0.717) is 24.8 Å². The molecule has 0 radical (unpaired) electrons. The Morgan fingerprint density at radius 2 is 2.09 bits per heavy atom. The Morgan fingerprint density at radius 3 is 2.82 bits per heavy atom. The zero-order chi connectivity index (χ0) is 15.9. The smallest absolute Gasteiger partial charge is 0.326 e. The van der Waals surface area contributed by atoms with Crippen molar-refractivity contribution in [2.24, 2.45) is 0 Å². The zero-order valence-electron chi connectivity index (χ0n) is 11.5. The lowest BCUT2D eigenvalue weighted by Gasteiger charge is -2.22. The summed E-state index contributed by atoms with van der Waals surface area (Å²) in [6.07, 6.45) is 0.981. The van der Waals surface area contributed by atoms with Crippen molar-refractivity contribution >= 4 is 22.8 Å². The van der Waals surface area contributed by atoms with E-state index in [0.717, 1.165) is 12.1 Å². The number of hydrogen-bond acceptors (Lipinski definition) is 3. The van der Waals surface area contributed by atoms with Crippen LogP contribution in [0.5, 0.6) is 0 Å². The summed E-state index contributed by atoms with van der Waals surface area (Å²) in [5.41, 5.74) is -0.235. The molecule has 3 rings (SSSR count). The molecule has 1 aromatic carbocycles. The average molecular weight is 304 g/mol. The highest BCUT2D eigenvalue weighted by Gasteiger charge is 2.35. The molecule has 1 aromatic heterocycles. The van der Waals surface area contributed by atoms with Crippen LogP contribution in [-0.2, 0) is 4.79 Å². The number of carbonyl (C=O) groups is 2. The maximum atomic E-state index is 13.3. The summed E-state index contributed by atoms with van der Waals surface area (Å²) < 4.78 is 13.3. The van der Waals surface area contributed by atoms with Gasteiger partial charge in [-0.25, -0.2) is 9.18 Å². The number of fused-ring (bicyclic) bond motifs is 1. The van der Waals surface area contributed by atoms with Crippen molar-refractivity contribution in [1.29, 1.82) is 0 Å². The van der Waals surface area contributed by atoms with E-state index in [4.69, 9.17) is 0 Å². The van der Waals surface area contributed by atoms with Crippen LogP contribution < -0.4 is 5.56 Å². The van der Waals surface area contributed by atoms with Crippen LogP contribution in [0.15, 0.2) is 29.1 Å². The first-order chi connectivity index (χ1) is 10.5. The number of carbonyl (C=O) groups excluding carboxylic acids is 1. The van der Waals surface area contributed by atoms with Gasteiger partial charge in [-0.2, -0.15) is 0 Å². The van der Waals surface area contributed by atoms with Crippen molar-refractivity contribution in [3.05, 3.63) is 46.0 Å². The molecule has 1 aliphatic rings. The quantitative estimate of drug-likeness (QED) is 0.876. The molecule has 2 N–H and O–H groups in total. The predicted octanol–water partition coefficient (Wildman–Crippen LogP) is 1.36. The lowest BCUT2D eigenvalue weighted by molar-refractivity contribution is -0.141. The van der Waals surface area contributed by atoms with E-state index in [2.05, 4.69) is 4.98 Å². The molecule has 1 fully saturated rings. The lowest BCUT2D eigenvalue weighted by atomic mass is 10.1. The number of nitrogens with zero attached hydrogens (tertiary/aromatic N) is 1. The summed E-state index contributed by atoms with van der Waals surface area (Å²) >= 11 is 0. The van der Waals surface area contributed by atoms with Gasteiger partial charge in [-0.05, 0) is 31.0 Å². The number of benzene rings is 1. The summed E-state index contributed by atoms with van der Waals surface area (Å²) in [6.45, 7) is 0.325. The number of H-pyrrole nitrogens is 1. The van der Waals surface area contributed by atoms with Gasteiger partial charge in [0.05, 0.1) is 11.1 Å². The number of halogens is 1. The zero-order valence-corrected chi connectivity index (χ0v) is 11.5. The van der Waals surface area contributed by atoms with Crippen LogP contribution >= 0.6 is 0 Å². The van der Waals surface area contributed by atoms with Crippen LogP contribution in [0.3, 0.4) is 0 Å². The van der Waals surface area contributed by atoms with Crippen LogP contribution in [0.1, 0.15) is 23.2 Å². The third-order valence-electron chi connectivity index (χ3n) is 3.83. The molecule has 1 amide bonds. The van der Waals surface area contributed by atoms with Gasteiger partial charge in [0.25, 0.3) is 5.91 Å². The van der Waals surface area contributed by atoms with Crippen molar-refractivity contribution in [2.75, 3.05) is 6.54 Å². The second kappa shape index (κ2) is 5.25. The summed E-state index contributed by atoms with van der Waals surface area (Å²) in [5.74, 6) is -2.11. The van der Waals surface area contributed by atoms with Gasteiger partial charge in [-0.3, -0.25) is 9.59 Å². The Labute approximate surface area is 124 Å². The molecule has 1 aliphatic heterocycles. The summed E-state index contributed by atoms with van der Waals surface area (Å²) in [4.78, 5) is 39.2. The standard InChI is InChI=1S/C15H13FN2O4/c16-8-3-4-9-10(7-13(19)17-11(9)6-8)14(20)18-5-1-2-12(18)15(21)22/h3-4,6-7,12H,1-2,5H2,(H,17,19)(H,21,22). The Bertz CT molecular complexity index is 830. The monoisotopic (exact) mass is 304 g/mol. The van der Waals surface area contributed by atoms with Gasteiger partial charge in [0, 0.05) is 18.0 Å². The first-order valence-corrected chi connectivity index (χ1v) is 6.84. The second-order valence-corrected chi connectivity index (χ2v) is 5.23. The summed E-state index contributed by atoms with van der Waals surface area (Å²) in [6, 6.07) is 3.96. The van der Waals surface area contributed by atoms with Gasteiger partial charge in [0.15, 0.2) is 0 Å². The average Bonchev–Trinajstić information content (AvgIpc) is 2.94. The molecule has 1 atom stereocenters. The summed E-state index contributed by atoms with van der Waals surface area (Å²) in [7, 11) is 0. The highest BCUT2D eigenvalue weighted by Crippen LogP contribution is 2.23. The van der Waals surface area contributed by atoms with Gasteiger partial charge in [0.2, 0.25) is 5.56 Å². The van der Waals surface area contributed by atoms with Gasteiger partial charge in [0.1, 0.15) is 11.9 Å². The van der Waals surface area contributed by atoms with E-state index < -0.39 is 29.3 Å². The Hall–Kier alpha value is -2.70. The number of pyridine rings is 1. The van der Waals surface area contributed by atoms with Crippen LogP contribution in [0.25, 0.3) is 10.9 Å². The maximum Gasteiger partial charge on any atom is 0.326 e. The van der Waals surface area contributed by atoms with Crippen molar-refractivity contribution in [3.63, 3.8) is 0 Å². The Balaban J connectivity index is 2.11. The number of aromatic nitrogens is 1. The van der Waals surface area contributed by atoms with E-state index in [1.165, 1.54) is 17.0 Å². The highest BCUT2D eigenvalue weighted by atomic mass is 19.1. The number of amides is 1. The molecule has 0 saturated carbocycles. The normalized spacial score (nSPS) is 17.9. The van der Waals surface area contributed by atoms with E-state index >= 15 is 0 Å².